The van der Waals surface area contributed by atoms with Gasteiger partial charge in [-0.3, -0.25) is 9.78 Å². The van der Waals surface area contributed by atoms with Crippen LogP contribution in [0.4, 0.5) is 0 Å². The maximum atomic E-state index is 11.8. The van der Waals surface area contributed by atoms with E-state index in [4.69, 9.17) is 0 Å². The Labute approximate surface area is 105 Å². The summed E-state index contributed by atoms with van der Waals surface area (Å²) in [5.74, 6) is -0.263. The number of pyridine rings is 1. The van der Waals surface area contributed by atoms with Crippen LogP contribution in [0.1, 0.15) is 15.9 Å². The third kappa shape index (κ3) is 3.07. The number of hydrogen-bond donors (Lipinski definition) is 2. The number of para-hydroxylation sites is 1. The van der Waals surface area contributed by atoms with Crippen molar-refractivity contribution in [1.29, 1.82) is 0 Å². The van der Waals surface area contributed by atoms with E-state index in [0.29, 0.717) is 12.1 Å². The molecule has 1 aromatic heterocycles. The second-order valence-corrected chi connectivity index (χ2v) is 3.88. The van der Waals surface area contributed by atoms with Crippen molar-refractivity contribution in [2.75, 3.05) is 6.54 Å². The summed E-state index contributed by atoms with van der Waals surface area (Å²) in [6.45, 7) is 0.525. The number of phenolic OH excluding ortho intramolecular Hbond substituents is 1. The Morgan fingerprint density at radius 3 is 2.61 bits per heavy atom. The van der Waals surface area contributed by atoms with E-state index in [9.17, 15) is 9.90 Å². The molecular formula is C14H14N2O2. The molecule has 0 aliphatic heterocycles. The number of nitrogens with one attached hydrogen (secondary N) is 1. The molecular weight excluding hydrogens is 228 g/mol. The SMILES string of the molecule is O=C(NCCc1ccncc1)c1ccccc1O. The maximum absolute atomic E-state index is 11.8. The predicted octanol–water partition coefficient (Wildman–Crippen LogP) is 1.76. The van der Waals surface area contributed by atoms with E-state index in [2.05, 4.69) is 10.3 Å². The molecule has 92 valence electrons. The molecule has 1 amide bonds. The number of nitrogens with zero attached hydrogens (tertiary/aromatic N) is 1. The number of carbonyl (C=O) groups excluding carboxylic acids is 1. The largest absolute Gasteiger partial charge is 0.507 e. The van der Waals surface area contributed by atoms with E-state index in [-0.39, 0.29) is 11.7 Å². The van der Waals surface area contributed by atoms with Crippen molar-refractivity contribution in [3.8, 4) is 5.75 Å². The summed E-state index contributed by atoms with van der Waals surface area (Å²) in [6, 6.07) is 10.3. The summed E-state index contributed by atoms with van der Waals surface area (Å²) in [7, 11) is 0. The Bertz CT molecular complexity index is 526. The van der Waals surface area contributed by atoms with Crippen LogP contribution in [0, 0.1) is 0 Å². The maximum Gasteiger partial charge on any atom is 0.255 e. The van der Waals surface area contributed by atoms with Crippen LogP contribution in [0.15, 0.2) is 48.8 Å². The van der Waals surface area contributed by atoms with E-state index in [1.165, 1.54) is 6.07 Å². The van der Waals surface area contributed by atoms with Crippen LogP contribution >= 0.6 is 0 Å². The minimum atomic E-state index is -0.262. The normalized spacial score (nSPS) is 10.0. The van der Waals surface area contributed by atoms with Gasteiger partial charge in [-0.2, -0.15) is 0 Å². The summed E-state index contributed by atoms with van der Waals surface area (Å²) in [5.41, 5.74) is 1.41. The zero-order valence-electron chi connectivity index (χ0n) is 9.84. The van der Waals surface area contributed by atoms with Gasteiger partial charge in [-0.15, -0.1) is 0 Å². The number of carbonyl (C=O) groups is 1. The highest BCUT2D eigenvalue weighted by atomic mass is 16.3. The molecule has 0 radical (unpaired) electrons. The molecule has 0 spiro atoms. The van der Waals surface area contributed by atoms with E-state index in [0.717, 1.165) is 12.0 Å². The highest BCUT2D eigenvalue weighted by molar-refractivity contribution is 5.96. The summed E-state index contributed by atoms with van der Waals surface area (Å²) in [4.78, 5) is 15.7. The van der Waals surface area contributed by atoms with E-state index in [1.54, 1.807) is 30.6 Å². The minimum absolute atomic E-state index is 0.00101. The zero-order valence-corrected chi connectivity index (χ0v) is 9.84. The van der Waals surface area contributed by atoms with Gasteiger partial charge in [0.05, 0.1) is 5.56 Å². The fraction of sp³-hybridized carbons (Fsp3) is 0.143. The lowest BCUT2D eigenvalue weighted by atomic mass is 10.1. The number of hydrogen-bond acceptors (Lipinski definition) is 3. The Hall–Kier alpha value is -2.36. The van der Waals surface area contributed by atoms with Crippen molar-refractivity contribution in [3.05, 3.63) is 59.9 Å². The monoisotopic (exact) mass is 242 g/mol. The van der Waals surface area contributed by atoms with Crippen LogP contribution in [0.2, 0.25) is 0 Å². The highest BCUT2D eigenvalue weighted by Gasteiger charge is 2.08. The lowest BCUT2D eigenvalue weighted by molar-refractivity contribution is 0.0951. The van der Waals surface area contributed by atoms with Gasteiger partial charge in [0.25, 0.3) is 5.91 Å². The lowest BCUT2D eigenvalue weighted by Crippen LogP contribution is -2.25. The fourth-order valence-electron chi connectivity index (χ4n) is 1.63. The van der Waals surface area contributed by atoms with E-state index >= 15 is 0 Å². The minimum Gasteiger partial charge on any atom is -0.507 e. The number of aromatic nitrogens is 1. The number of phenols is 1. The first-order chi connectivity index (χ1) is 8.77. The molecule has 18 heavy (non-hydrogen) atoms. The van der Waals surface area contributed by atoms with Gasteiger partial charge in [0.1, 0.15) is 5.75 Å². The molecule has 1 aromatic carbocycles. The van der Waals surface area contributed by atoms with Crippen LogP contribution in [0.5, 0.6) is 5.75 Å². The lowest BCUT2D eigenvalue weighted by Gasteiger charge is -2.06. The van der Waals surface area contributed by atoms with Crippen molar-refractivity contribution in [3.63, 3.8) is 0 Å². The molecule has 2 aromatic rings. The average molecular weight is 242 g/mol. The first-order valence-electron chi connectivity index (χ1n) is 5.72. The van der Waals surface area contributed by atoms with E-state index in [1.807, 2.05) is 12.1 Å². The van der Waals surface area contributed by atoms with Crippen LogP contribution in [0.3, 0.4) is 0 Å². The zero-order chi connectivity index (χ0) is 12.8. The molecule has 0 aliphatic carbocycles. The van der Waals surface area contributed by atoms with Gasteiger partial charge in [0.15, 0.2) is 0 Å². The third-order valence-corrected chi connectivity index (χ3v) is 2.60. The second kappa shape index (κ2) is 5.82. The fourth-order valence-corrected chi connectivity index (χ4v) is 1.63. The van der Waals surface area contributed by atoms with Gasteiger partial charge in [-0.1, -0.05) is 12.1 Å². The number of aromatic hydroxyl groups is 1. The van der Waals surface area contributed by atoms with Gasteiger partial charge in [0.2, 0.25) is 0 Å². The first kappa shape index (κ1) is 12.1. The van der Waals surface area contributed by atoms with Crippen LogP contribution < -0.4 is 5.32 Å². The molecule has 2 rings (SSSR count). The van der Waals surface area contributed by atoms with Crippen LogP contribution in [0.25, 0.3) is 0 Å². The predicted molar refractivity (Wildman–Crippen MR) is 68.4 cm³/mol. The van der Waals surface area contributed by atoms with E-state index < -0.39 is 0 Å². The topological polar surface area (TPSA) is 62.2 Å². The standard InChI is InChI=1S/C14H14N2O2/c17-13-4-2-1-3-12(13)14(18)16-10-7-11-5-8-15-9-6-11/h1-6,8-9,17H,7,10H2,(H,16,18). The Kier molecular flexibility index (Phi) is 3.91. The Balaban J connectivity index is 1.88. The average Bonchev–Trinajstić information content (AvgIpc) is 2.40. The Morgan fingerprint density at radius 1 is 1.17 bits per heavy atom. The number of amides is 1. The highest BCUT2D eigenvalue weighted by Crippen LogP contribution is 2.14. The molecule has 0 unspecified atom stereocenters. The van der Waals surface area contributed by atoms with Crippen molar-refractivity contribution >= 4 is 5.91 Å². The number of benzene rings is 1. The van der Waals surface area contributed by atoms with Gasteiger partial charge < -0.3 is 10.4 Å². The molecule has 0 saturated carbocycles. The first-order valence-corrected chi connectivity index (χ1v) is 5.72. The molecule has 1 heterocycles. The van der Waals surface area contributed by atoms with Gasteiger partial charge in [-0.25, -0.2) is 0 Å². The Morgan fingerprint density at radius 2 is 1.89 bits per heavy atom. The smallest absolute Gasteiger partial charge is 0.255 e. The quantitative estimate of drug-likeness (QED) is 0.858. The van der Waals surface area contributed by atoms with Crippen molar-refractivity contribution in [1.82, 2.24) is 10.3 Å². The molecule has 2 N–H and O–H groups in total. The molecule has 0 atom stereocenters. The van der Waals surface area contributed by atoms with Gasteiger partial charge in [0, 0.05) is 18.9 Å². The summed E-state index contributed by atoms with van der Waals surface area (Å²) in [5, 5.41) is 12.3. The van der Waals surface area contributed by atoms with Crippen molar-refractivity contribution in [2.24, 2.45) is 0 Å². The van der Waals surface area contributed by atoms with Gasteiger partial charge >= 0.3 is 0 Å². The molecule has 0 fully saturated rings. The molecule has 0 aliphatic rings. The summed E-state index contributed by atoms with van der Waals surface area (Å²) < 4.78 is 0. The van der Waals surface area contributed by atoms with Crippen LogP contribution in [-0.4, -0.2) is 22.5 Å². The van der Waals surface area contributed by atoms with Crippen molar-refractivity contribution in [2.45, 2.75) is 6.42 Å². The second-order valence-electron chi connectivity index (χ2n) is 3.88. The molecule has 0 bridgehead atoms. The summed E-state index contributed by atoms with van der Waals surface area (Å²) >= 11 is 0. The molecule has 4 nitrogen and oxygen atoms in total. The number of rotatable bonds is 4. The summed E-state index contributed by atoms with van der Waals surface area (Å²) in [6.07, 6.45) is 4.18. The molecule has 0 saturated heterocycles. The van der Waals surface area contributed by atoms with Crippen molar-refractivity contribution < 1.29 is 9.90 Å². The third-order valence-electron chi connectivity index (χ3n) is 2.60. The molecule has 4 heteroatoms. The van der Waals surface area contributed by atoms with Crippen LogP contribution in [-0.2, 0) is 6.42 Å². The van der Waals surface area contributed by atoms with Gasteiger partial charge in [-0.05, 0) is 36.2 Å².